The van der Waals surface area contributed by atoms with E-state index in [1.807, 2.05) is 0 Å². The molecule has 0 saturated heterocycles. The molecule has 0 aliphatic heterocycles. The molecule has 2 nitrogen and oxygen atoms in total. The van der Waals surface area contributed by atoms with Crippen LogP contribution in [0.15, 0.2) is 0 Å². The molecular formula is C9H20O2Si. The molecule has 1 aliphatic carbocycles. The fourth-order valence-corrected chi connectivity index (χ4v) is 4.47. The predicted octanol–water partition coefficient (Wildman–Crippen LogP) is 2.22. The molecule has 0 spiro atoms. The van der Waals surface area contributed by atoms with Gasteiger partial charge in [0.05, 0.1) is 0 Å². The fourth-order valence-electron chi connectivity index (χ4n) is 2.26. The van der Waals surface area contributed by atoms with Crippen LogP contribution in [0.3, 0.4) is 0 Å². The van der Waals surface area contributed by atoms with Gasteiger partial charge in [0.15, 0.2) is 0 Å². The zero-order chi connectivity index (χ0) is 9.03. The van der Waals surface area contributed by atoms with E-state index >= 15 is 0 Å². The minimum absolute atomic E-state index is 0.391. The number of hydrogen-bond donors (Lipinski definition) is 0. The van der Waals surface area contributed by atoms with E-state index in [0.29, 0.717) is 5.04 Å². The maximum absolute atomic E-state index is 5.46. The molecule has 1 aliphatic rings. The van der Waals surface area contributed by atoms with E-state index in [9.17, 15) is 0 Å². The van der Waals surface area contributed by atoms with Crippen LogP contribution in [0.1, 0.15) is 39.0 Å². The molecule has 3 heteroatoms. The Hall–Kier alpha value is 0.137. The summed E-state index contributed by atoms with van der Waals surface area (Å²) in [7, 11) is 2.20. The third-order valence-electron chi connectivity index (χ3n) is 2.99. The van der Waals surface area contributed by atoms with Crippen LogP contribution in [0.25, 0.3) is 0 Å². The van der Waals surface area contributed by atoms with Gasteiger partial charge in [-0.1, -0.05) is 26.2 Å². The third kappa shape index (κ3) is 2.09. The average Bonchev–Trinajstić information content (AvgIpc) is 2.07. The molecule has 1 saturated carbocycles. The highest BCUT2D eigenvalue weighted by atomic mass is 28.3. The van der Waals surface area contributed by atoms with Gasteiger partial charge in [0, 0.05) is 19.3 Å². The van der Waals surface area contributed by atoms with Gasteiger partial charge in [0.2, 0.25) is 0 Å². The monoisotopic (exact) mass is 188 g/mol. The normalized spacial score (nSPS) is 23.0. The molecule has 0 aromatic carbocycles. The van der Waals surface area contributed by atoms with Crippen LogP contribution in [0.5, 0.6) is 0 Å². The van der Waals surface area contributed by atoms with E-state index in [1.54, 1.807) is 14.2 Å². The molecule has 0 amide bonds. The summed E-state index contributed by atoms with van der Waals surface area (Å²) >= 11 is 0. The molecule has 72 valence electrons. The Morgan fingerprint density at radius 2 is 1.50 bits per heavy atom. The van der Waals surface area contributed by atoms with Crippen LogP contribution in [-0.4, -0.2) is 23.5 Å². The van der Waals surface area contributed by atoms with Gasteiger partial charge in [-0.3, -0.25) is 0 Å². The van der Waals surface area contributed by atoms with E-state index in [1.165, 1.54) is 32.1 Å². The van der Waals surface area contributed by atoms with Crippen LogP contribution in [0, 0.1) is 0 Å². The van der Waals surface area contributed by atoms with Gasteiger partial charge < -0.3 is 8.85 Å². The van der Waals surface area contributed by atoms with Crippen molar-refractivity contribution in [3.8, 4) is 0 Å². The Labute approximate surface area is 77.1 Å². The Morgan fingerprint density at radius 3 is 1.92 bits per heavy atom. The van der Waals surface area contributed by atoms with E-state index in [-0.39, 0.29) is 0 Å². The summed E-state index contributed by atoms with van der Waals surface area (Å²) in [5, 5.41) is 0.391. The topological polar surface area (TPSA) is 18.5 Å². The Bertz CT molecular complexity index is 128. The molecule has 0 unspecified atom stereocenters. The predicted molar refractivity (Wildman–Crippen MR) is 52.6 cm³/mol. The van der Waals surface area contributed by atoms with Crippen LogP contribution in [0.2, 0.25) is 5.04 Å². The summed E-state index contributed by atoms with van der Waals surface area (Å²) in [6.45, 7) is 2.33. The molecular weight excluding hydrogens is 168 g/mol. The van der Waals surface area contributed by atoms with Crippen molar-refractivity contribution in [2.24, 2.45) is 0 Å². The molecule has 0 atom stereocenters. The van der Waals surface area contributed by atoms with E-state index in [2.05, 4.69) is 6.92 Å². The molecule has 0 aromatic heterocycles. The highest BCUT2D eigenvalue weighted by Crippen LogP contribution is 2.44. The molecule has 0 aromatic rings. The second-order valence-corrected chi connectivity index (χ2v) is 7.02. The van der Waals surface area contributed by atoms with Crippen molar-refractivity contribution in [3.63, 3.8) is 0 Å². The lowest BCUT2D eigenvalue weighted by Gasteiger charge is -2.36. The summed E-state index contributed by atoms with van der Waals surface area (Å²) in [6, 6.07) is 0. The maximum atomic E-state index is 5.46. The van der Waals surface area contributed by atoms with Gasteiger partial charge in [-0.25, -0.2) is 0 Å². The minimum Gasteiger partial charge on any atom is -0.400 e. The highest BCUT2D eigenvalue weighted by Gasteiger charge is 2.38. The lowest BCUT2D eigenvalue weighted by molar-refractivity contribution is 0.219. The van der Waals surface area contributed by atoms with Gasteiger partial charge in [0.1, 0.15) is 0 Å². The van der Waals surface area contributed by atoms with Crippen molar-refractivity contribution >= 4 is 9.28 Å². The van der Waals surface area contributed by atoms with Gasteiger partial charge in [-0.05, 0) is 12.8 Å². The molecule has 0 N–H and O–H groups in total. The molecule has 0 bridgehead atoms. The lowest BCUT2D eigenvalue weighted by atomic mass is 9.90. The second-order valence-electron chi connectivity index (χ2n) is 4.02. The minimum atomic E-state index is -1.39. The first-order valence-electron chi connectivity index (χ1n) is 4.78. The molecule has 1 rings (SSSR count). The molecule has 12 heavy (non-hydrogen) atoms. The summed E-state index contributed by atoms with van der Waals surface area (Å²) in [4.78, 5) is 0. The zero-order valence-corrected chi connectivity index (χ0v) is 9.58. The van der Waals surface area contributed by atoms with Crippen molar-refractivity contribution in [1.82, 2.24) is 0 Å². The van der Waals surface area contributed by atoms with Crippen LogP contribution >= 0.6 is 0 Å². The SMILES string of the molecule is CO[SiH](OC)C1(C)CCCCC1. The summed E-state index contributed by atoms with van der Waals surface area (Å²) in [5.41, 5.74) is 0. The van der Waals surface area contributed by atoms with E-state index < -0.39 is 9.28 Å². The van der Waals surface area contributed by atoms with Crippen LogP contribution in [-0.2, 0) is 8.85 Å². The Balaban J connectivity index is 2.53. The smallest absolute Gasteiger partial charge is 0.327 e. The average molecular weight is 188 g/mol. The first kappa shape index (κ1) is 10.2. The van der Waals surface area contributed by atoms with Crippen molar-refractivity contribution in [1.29, 1.82) is 0 Å². The van der Waals surface area contributed by atoms with Gasteiger partial charge in [-0.15, -0.1) is 0 Å². The summed E-state index contributed by atoms with van der Waals surface area (Å²) in [5.74, 6) is 0. The number of rotatable bonds is 3. The second kappa shape index (κ2) is 4.39. The molecule has 0 radical (unpaired) electrons. The van der Waals surface area contributed by atoms with Gasteiger partial charge in [0.25, 0.3) is 0 Å². The van der Waals surface area contributed by atoms with Gasteiger partial charge in [-0.2, -0.15) is 0 Å². The van der Waals surface area contributed by atoms with E-state index in [4.69, 9.17) is 8.85 Å². The maximum Gasteiger partial charge on any atom is 0.327 e. The standard InChI is InChI=1S/C9H20O2Si/c1-9(12(10-2)11-3)7-5-4-6-8-9/h12H,4-8H2,1-3H3. The summed E-state index contributed by atoms with van der Waals surface area (Å²) < 4.78 is 10.9. The largest absolute Gasteiger partial charge is 0.400 e. The van der Waals surface area contributed by atoms with Gasteiger partial charge >= 0.3 is 9.28 Å². The Kier molecular flexibility index (Phi) is 3.74. The highest BCUT2D eigenvalue weighted by molar-refractivity contribution is 6.48. The van der Waals surface area contributed by atoms with Crippen molar-refractivity contribution < 1.29 is 8.85 Å². The first-order chi connectivity index (χ1) is 5.73. The molecule has 1 fully saturated rings. The third-order valence-corrected chi connectivity index (χ3v) is 5.56. The van der Waals surface area contributed by atoms with Crippen molar-refractivity contribution in [2.45, 2.75) is 44.1 Å². The Morgan fingerprint density at radius 1 is 1.00 bits per heavy atom. The summed E-state index contributed by atoms with van der Waals surface area (Å²) in [6.07, 6.45) is 6.70. The van der Waals surface area contributed by atoms with Crippen molar-refractivity contribution in [3.05, 3.63) is 0 Å². The lowest BCUT2D eigenvalue weighted by Crippen LogP contribution is -2.36. The molecule has 0 heterocycles. The zero-order valence-electron chi connectivity index (χ0n) is 8.43. The van der Waals surface area contributed by atoms with Crippen LogP contribution in [0.4, 0.5) is 0 Å². The first-order valence-corrected chi connectivity index (χ1v) is 6.30. The number of hydrogen-bond acceptors (Lipinski definition) is 2. The van der Waals surface area contributed by atoms with E-state index in [0.717, 1.165) is 0 Å². The van der Waals surface area contributed by atoms with Crippen LogP contribution < -0.4 is 0 Å². The quantitative estimate of drug-likeness (QED) is 0.632. The fraction of sp³-hybridized carbons (Fsp3) is 1.00. The van der Waals surface area contributed by atoms with Crippen molar-refractivity contribution in [2.75, 3.05) is 14.2 Å².